The second kappa shape index (κ2) is 10.5. The van der Waals surface area contributed by atoms with E-state index < -0.39 is 45.5 Å². The molecule has 3 rings (SSSR count). The minimum Gasteiger partial charge on any atom is -0.457 e. The minimum absolute atomic E-state index is 0.257. The van der Waals surface area contributed by atoms with Crippen molar-refractivity contribution < 1.29 is 44.6 Å². The van der Waals surface area contributed by atoms with Crippen molar-refractivity contribution in [3.05, 3.63) is 100 Å². The van der Waals surface area contributed by atoms with E-state index in [9.17, 15) is 35.1 Å². The van der Waals surface area contributed by atoms with Crippen LogP contribution >= 0.6 is 15.9 Å². The molecule has 0 atom stereocenters. The van der Waals surface area contributed by atoms with Crippen LogP contribution in [0.3, 0.4) is 0 Å². The zero-order valence-corrected chi connectivity index (χ0v) is 18.8. The number of para-hydroxylation sites is 1. The normalized spacial score (nSPS) is 12.8. The number of rotatable bonds is 6. The zero-order valence-electron chi connectivity index (χ0n) is 17.2. The Labute approximate surface area is 202 Å². The summed E-state index contributed by atoms with van der Waals surface area (Å²) >= 11 is 2.58. The summed E-state index contributed by atoms with van der Waals surface area (Å²) in [5.41, 5.74) is -2.60. The Morgan fingerprint density at radius 1 is 0.829 bits per heavy atom. The van der Waals surface area contributed by atoms with Crippen LogP contribution in [0.4, 0.5) is 35.1 Å². The van der Waals surface area contributed by atoms with Gasteiger partial charge in [-0.05, 0) is 57.9 Å². The van der Waals surface area contributed by atoms with Crippen molar-refractivity contribution in [2.75, 3.05) is 0 Å². The van der Waals surface area contributed by atoms with E-state index in [0.29, 0.717) is 23.1 Å². The Morgan fingerprint density at radius 3 is 2.11 bits per heavy atom. The second-order valence-corrected chi connectivity index (χ2v) is 7.69. The monoisotopic (exact) mass is 564 g/mol. The van der Waals surface area contributed by atoms with Gasteiger partial charge in [0, 0.05) is 10.0 Å². The summed E-state index contributed by atoms with van der Waals surface area (Å²) in [6.07, 6.45) is -8.12. The average Bonchev–Trinajstić information content (AvgIpc) is 2.75. The molecule has 0 fully saturated rings. The van der Waals surface area contributed by atoms with E-state index in [4.69, 9.17) is 4.74 Å². The molecule has 3 aromatic rings. The molecule has 0 bridgehead atoms. The summed E-state index contributed by atoms with van der Waals surface area (Å²) in [6, 6.07) is 15.2. The Morgan fingerprint density at radius 2 is 1.49 bits per heavy atom. The van der Waals surface area contributed by atoms with Crippen LogP contribution in [0.5, 0.6) is 17.2 Å². The van der Waals surface area contributed by atoms with Gasteiger partial charge in [0.15, 0.2) is 11.6 Å². The maximum Gasteiger partial charge on any atom is 0.573 e. The molecule has 0 spiro atoms. The molecule has 3 aromatic carbocycles. The van der Waals surface area contributed by atoms with Crippen molar-refractivity contribution in [3.63, 3.8) is 0 Å². The fourth-order valence-electron chi connectivity index (χ4n) is 2.91. The highest BCUT2D eigenvalue weighted by Gasteiger charge is 2.40. The maximum absolute atomic E-state index is 14.6. The van der Waals surface area contributed by atoms with E-state index in [2.05, 4.69) is 20.7 Å². The van der Waals surface area contributed by atoms with Crippen LogP contribution < -0.4 is 9.47 Å². The van der Waals surface area contributed by atoms with Crippen LogP contribution in [0.1, 0.15) is 11.1 Å². The van der Waals surface area contributed by atoms with Gasteiger partial charge in [0.25, 0.3) is 0 Å². The summed E-state index contributed by atoms with van der Waals surface area (Å²) in [7, 11) is 0. The van der Waals surface area contributed by atoms with E-state index in [-0.39, 0.29) is 6.07 Å². The molecule has 0 saturated heterocycles. The predicted molar refractivity (Wildman–Crippen MR) is 117 cm³/mol. The molecule has 0 aliphatic heterocycles. The Bertz CT molecular complexity index is 1250. The quantitative estimate of drug-likeness (QED) is 0.219. The van der Waals surface area contributed by atoms with Crippen molar-refractivity contribution in [2.24, 2.45) is 0 Å². The van der Waals surface area contributed by atoms with Gasteiger partial charge >= 0.3 is 12.5 Å². The first kappa shape index (κ1) is 26.3. The number of halogens is 9. The van der Waals surface area contributed by atoms with Gasteiger partial charge < -0.3 is 9.47 Å². The lowest BCUT2D eigenvalue weighted by atomic mass is 10.0. The number of hydrogen-bond acceptors (Lipinski definition) is 2. The molecule has 0 radical (unpaired) electrons. The Kier molecular flexibility index (Phi) is 7.89. The third kappa shape index (κ3) is 7.08. The Hall–Kier alpha value is -3.34. The van der Waals surface area contributed by atoms with Crippen LogP contribution in [-0.2, 0) is 0 Å². The van der Waals surface area contributed by atoms with Crippen LogP contribution in [0, 0.1) is 11.6 Å². The number of hydrogen-bond donors (Lipinski definition) is 0. The topological polar surface area (TPSA) is 18.5 Å². The summed E-state index contributed by atoms with van der Waals surface area (Å²) in [5.74, 6) is -5.08. The van der Waals surface area contributed by atoms with Crippen molar-refractivity contribution in [1.29, 1.82) is 0 Å². The molecular weight excluding hydrogens is 552 g/mol. The zero-order chi connectivity index (χ0) is 25.8. The average molecular weight is 565 g/mol. The lowest BCUT2D eigenvalue weighted by Crippen LogP contribution is -2.20. The number of ether oxygens (including phenoxy) is 2. The first-order valence-corrected chi connectivity index (χ1v) is 10.4. The molecule has 0 heterocycles. The largest absolute Gasteiger partial charge is 0.573 e. The maximum atomic E-state index is 14.6. The van der Waals surface area contributed by atoms with E-state index in [1.165, 1.54) is 12.1 Å². The molecule has 184 valence electrons. The molecule has 0 N–H and O–H groups in total. The van der Waals surface area contributed by atoms with Crippen LogP contribution in [0.15, 0.2) is 77.3 Å². The molecule has 0 aromatic heterocycles. The van der Waals surface area contributed by atoms with E-state index in [1.807, 2.05) is 0 Å². The molecule has 35 heavy (non-hydrogen) atoms. The predicted octanol–water partition coefficient (Wildman–Crippen LogP) is 9.08. The molecule has 2 nitrogen and oxygen atoms in total. The molecule has 0 unspecified atom stereocenters. The molecule has 0 aliphatic rings. The van der Waals surface area contributed by atoms with E-state index in [0.717, 1.165) is 6.08 Å². The lowest BCUT2D eigenvalue weighted by Gasteiger charge is -2.17. The van der Waals surface area contributed by atoms with Gasteiger partial charge in [0.1, 0.15) is 11.5 Å². The standard InChI is InChI=1S/C24H13BrF8O2/c25-18-13-19(26)22(35-24(31,32)33)21(27)20(18)17(23(28,29)30)11-5-7-14-6-4-10-16(12-14)34-15-8-2-1-3-9-15/h1-13H. The summed E-state index contributed by atoms with van der Waals surface area (Å²) < 4.78 is 115. The van der Waals surface area contributed by atoms with Crippen molar-refractivity contribution in [3.8, 4) is 17.2 Å². The highest BCUT2D eigenvalue weighted by atomic mass is 79.9. The molecule has 0 saturated carbocycles. The van der Waals surface area contributed by atoms with Crippen LogP contribution in [-0.4, -0.2) is 12.5 Å². The first-order chi connectivity index (χ1) is 16.3. The van der Waals surface area contributed by atoms with Gasteiger partial charge in [-0.1, -0.05) is 42.5 Å². The second-order valence-electron chi connectivity index (χ2n) is 6.83. The SMILES string of the molecule is Fc1cc(Br)c(C(=CC=Cc2cccc(Oc3ccccc3)c2)C(F)(F)F)c(F)c1OC(F)(F)F. The minimum atomic E-state index is -5.53. The van der Waals surface area contributed by atoms with Gasteiger partial charge in [-0.2, -0.15) is 13.2 Å². The van der Waals surface area contributed by atoms with Crippen LogP contribution in [0.2, 0.25) is 0 Å². The summed E-state index contributed by atoms with van der Waals surface area (Å²) in [6.45, 7) is 0. The highest BCUT2D eigenvalue weighted by molar-refractivity contribution is 9.10. The first-order valence-electron chi connectivity index (χ1n) is 9.57. The Balaban J connectivity index is 1.97. The van der Waals surface area contributed by atoms with Crippen molar-refractivity contribution in [1.82, 2.24) is 0 Å². The van der Waals surface area contributed by atoms with Gasteiger partial charge in [-0.3, -0.25) is 0 Å². The molecule has 11 heteroatoms. The van der Waals surface area contributed by atoms with Gasteiger partial charge in [0.05, 0.1) is 5.57 Å². The molecular formula is C24H13BrF8O2. The van der Waals surface area contributed by atoms with Crippen molar-refractivity contribution >= 4 is 27.6 Å². The number of alkyl halides is 6. The number of benzene rings is 3. The highest BCUT2D eigenvalue weighted by Crippen LogP contribution is 2.43. The van der Waals surface area contributed by atoms with Gasteiger partial charge in [-0.15, -0.1) is 13.2 Å². The van der Waals surface area contributed by atoms with Crippen LogP contribution in [0.25, 0.3) is 11.6 Å². The third-order valence-corrected chi connectivity index (χ3v) is 4.93. The van der Waals surface area contributed by atoms with E-state index in [1.54, 1.807) is 48.5 Å². The van der Waals surface area contributed by atoms with Gasteiger partial charge in [0.2, 0.25) is 5.75 Å². The summed E-state index contributed by atoms with van der Waals surface area (Å²) in [5, 5.41) is 0. The fraction of sp³-hybridized carbons (Fsp3) is 0.0833. The molecule has 0 amide bonds. The summed E-state index contributed by atoms with van der Waals surface area (Å²) in [4.78, 5) is 0. The fourth-order valence-corrected chi connectivity index (χ4v) is 3.50. The number of allylic oxidation sites excluding steroid dienone is 3. The molecule has 0 aliphatic carbocycles. The lowest BCUT2D eigenvalue weighted by molar-refractivity contribution is -0.276. The third-order valence-electron chi connectivity index (χ3n) is 4.31. The smallest absolute Gasteiger partial charge is 0.457 e. The van der Waals surface area contributed by atoms with Crippen molar-refractivity contribution in [2.45, 2.75) is 12.5 Å². The van der Waals surface area contributed by atoms with Gasteiger partial charge in [-0.25, -0.2) is 8.78 Å². The van der Waals surface area contributed by atoms with E-state index >= 15 is 0 Å².